The Morgan fingerprint density at radius 2 is 2.35 bits per heavy atom. The summed E-state index contributed by atoms with van der Waals surface area (Å²) in [6.07, 6.45) is 11.9. The number of carbonyl (C=O) groups is 1. The monoisotopic (exact) mass is 330 g/mol. The van der Waals surface area contributed by atoms with E-state index in [2.05, 4.69) is 33.7 Å². The van der Waals surface area contributed by atoms with Crippen molar-refractivity contribution in [2.75, 3.05) is 6.54 Å². The highest BCUT2D eigenvalue weighted by atomic mass is 32.1. The van der Waals surface area contributed by atoms with Crippen LogP contribution in [0.1, 0.15) is 43.5 Å². The van der Waals surface area contributed by atoms with Gasteiger partial charge in [0.05, 0.1) is 6.04 Å². The quantitative estimate of drug-likeness (QED) is 0.863. The van der Waals surface area contributed by atoms with Crippen molar-refractivity contribution in [1.29, 1.82) is 0 Å². The summed E-state index contributed by atoms with van der Waals surface area (Å²) in [5.74, 6) is 0.123. The van der Waals surface area contributed by atoms with E-state index in [9.17, 15) is 4.79 Å². The minimum Gasteiger partial charge on any atom is -0.334 e. The van der Waals surface area contributed by atoms with Gasteiger partial charge in [0, 0.05) is 11.4 Å². The van der Waals surface area contributed by atoms with E-state index in [1.54, 1.807) is 22.3 Å². The van der Waals surface area contributed by atoms with Crippen LogP contribution in [0.15, 0.2) is 36.2 Å². The van der Waals surface area contributed by atoms with Crippen LogP contribution in [0.4, 0.5) is 0 Å². The van der Waals surface area contributed by atoms with Gasteiger partial charge in [-0.1, -0.05) is 25.0 Å². The van der Waals surface area contributed by atoms with Crippen LogP contribution in [0.5, 0.6) is 0 Å². The number of likely N-dealkylation sites (tertiary alicyclic amines) is 1. The predicted octanol–water partition coefficient (Wildman–Crippen LogP) is 3.39. The number of thiophene rings is 1. The predicted molar refractivity (Wildman–Crippen MR) is 92.1 cm³/mol. The fraction of sp³-hybridized carbons (Fsp3) is 0.471. The van der Waals surface area contributed by atoms with E-state index in [4.69, 9.17) is 0 Å². The second kappa shape index (κ2) is 7.55. The van der Waals surface area contributed by atoms with Gasteiger partial charge in [-0.15, -0.1) is 11.3 Å². The van der Waals surface area contributed by atoms with Crippen LogP contribution in [0.3, 0.4) is 0 Å². The summed E-state index contributed by atoms with van der Waals surface area (Å²) in [4.78, 5) is 20.1. The minimum absolute atomic E-state index is 0.123. The lowest BCUT2D eigenvalue weighted by atomic mass is 10.1. The van der Waals surface area contributed by atoms with Crippen molar-refractivity contribution in [3.05, 3.63) is 41.1 Å². The maximum Gasteiger partial charge on any atom is 0.247 e. The van der Waals surface area contributed by atoms with E-state index in [0.29, 0.717) is 0 Å². The Balaban J connectivity index is 1.76. The maximum absolute atomic E-state index is 12.9. The highest BCUT2D eigenvalue weighted by molar-refractivity contribution is 7.10. The Kier molecular flexibility index (Phi) is 5.23. The highest BCUT2D eigenvalue weighted by Gasteiger charge is 2.28. The summed E-state index contributed by atoms with van der Waals surface area (Å²) in [6.45, 7) is 2.71. The van der Waals surface area contributed by atoms with Gasteiger partial charge in [-0.2, -0.15) is 5.10 Å². The molecule has 0 spiro atoms. The zero-order chi connectivity index (χ0) is 16.1. The third-order valence-corrected chi connectivity index (χ3v) is 5.14. The van der Waals surface area contributed by atoms with Crippen LogP contribution >= 0.6 is 11.3 Å². The van der Waals surface area contributed by atoms with E-state index in [0.717, 1.165) is 19.4 Å². The van der Waals surface area contributed by atoms with Crippen LogP contribution in [-0.2, 0) is 4.79 Å². The van der Waals surface area contributed by atoms with Crippen molar-refractivity contribution < 1.29 is 4.79 Å². The lowest BCUT2D eigenvalue weighted by molar-refractivity contribution is -0.136. The molecule has 3 heterocycles. The van der Waals surface area contributed by atoms with Gasteiger partial charge < -0.3 is 4.90 Å². The van der Waals surface area contributed by atoms with E-state index in [1.165, 1.54) is 24.0 Å². The first kappa shape index (κ1) is 15.9. The van der Waals surface area contributed by atoms with Gasteiger partial charge in [-0.3, -0.25) is 4.79 Å². The smallest absolute Gasteiger partial charge is 0.247 e. The Morgan fingerprint density at radius 3 is 3.09 bits per heavy atom. The minimum atomic E-state index is -0.312. The largest absolute Gasteiger partial charge is 0.334 e. The van der Waals surface area contributed by atoms with Gasteiger partial charge in [0.25, 0.3) is 0 Å². The summed E-state index contributed by atoms with van der Waals surface area (Å²) in [5, 5.41) is 6.18. The van der Waals surface area contributed by atoms with Crippen LogP contribution in [0, 0.1) is 0 Å². The number of aromatic nitrogens is 3. The molecule has 0 aliphatic carbocycles. The molecule has 1 aliphatic heterocycles. The molecule has 2 aromatic heterocycles. The second-order valence-electron chi connectivity index (χ2n) is 5.87. The van der Waals surface area contributed by atoms with Crippen LogP contribution < -0.4 is 0 Å². The van der Waals surface area contributed by atoms with Gasteiger partial charge in [0.1, 0.15) is 18.7 Å². The molecule has 0 radical (unpaired) electrons. The Hall–Kier alpha value is -1.95. The molecule has 0 bridgehead atoms. The lowest BCUT2D eigenvalue weighted by Gasteiger charge is -2.30. The Morgan fingerprint density at radius 1 is 1.43 bits per heavy atom. The number of hydrogen-bond donors (Lipinski definition) is 0. The molecule has 0 saturated carbocycles. The zero-order valence-corrected chi connectivity index (χ0v) is 14.2. The normalized spacial score (nSPS) is 20.6. The first-order valence-corrected chi connectivity index (χ1v) is 9.00. The van der Waals surface area contributed by atoms with Crippen molar-refractivity contribution >= 4 is 23.3 Å². The molecule has 0 N–H and O–H groups in total. The summed E-state index contributed by atoms with van der Waals surface area (Å²) >= 11 is 1.72. The van der Waals surface area contributed by atoms with Gasteiger partial charge in [0.2, 0.25) is 5.91 Å². The zero-order valence-electron chi connectivity index (χ0n) is 13.3. The van der Waals surface area contributed by atoms with Gasteiger partial charge in [-0.05, 0) is 37.3 Å². The fourth-order valence-corrected chi connectivity index (χ4v) is 3.60. The van der Waals surface area contributed by atoms with E-state index in [1.807, 2.05) is 17.9 Å². The molecule has 0 unspecified atom stereocenters. The SMILES string of the molecule is C[C@H](C(=O)N1CCCCC[C@@H]1/C=C/c1cccs1)n1cncn1. The van der Waals surface area contributed by atoms with E-state index >= 15 is 0 Å². The van der Waals surface area contributed by atoms with Crippen molar-refractivity contribution in [1.82, 2.24) is 19.7 Å². The van der Waals surface area contributed by atoms with Crippen molar-refractivity contribution in [2.24, 2.45) is 0 Å². The fourth-order valence-electron chi connectivity index (χ4n) is 2.97. The molecule has 23 heavy (non-hydrogen) atoms. The van der Waals surface area contributed by atoms with E-state index in [-0.39, 0.29) is 18.0 Å². The van der Waals surface area contributed by atoms with Crippen LogP contribution in [0.2, 0.25) is 0 Å². The Bertz CT molecular complexity index is 636. The maximum atomic E-state index is 12.9. The number of rotatable bonds is 4. The third-order valence-electron chi connectivity index (χ3n) is 4.30. The van der Waals surface area contributed by atoms with Gasteiger partial charge in [0.15, 0.2) is 0 Å². The van der Waals surface area contributed by atoms with E-state index < -0.39 is 0 Å². The topological polar surface area (TPSA) is 51.0 Å². The highest BCUT2D eigenvalue weighted by Crippen LogP contribution is 2.22. The molecule has 1 amide bonds. The van der Waals surface area contributed by atoms with Crippen LogP contribution in [0.25, 0.3) is 6.08 Å². The molecule has 1 fully saturated rings. The average Bonchev–Trinajstić information content (AvgIpc) is 3.22. The number of hydrogen-bond acceptors (Lipinski definition) is 4. The molecule has 5 nitrogen and oxygen atoms in total. The number of nitrogens with zero attached hydrogens (tertiary/aromatic N) is 4. The summed E-state index contributed by atoms with van der Waals surface area (Å²) < 4.78 is 1.63. The number of amides is 1. The first-order valence-electron chi connectivity index (χ1n) is 8.12. The molecule has 2 aromatic rings. The molecular formula is C17H22N4OS. The molecular weight excluding hydrogens is 308 g/mol. The summed E-state index contributed by atoms with van der Waals surface area (Å²) in [7, 11) is 0. The van der Waals surface area contributed by atoms with Gasteiger partial charge in [-0.25, -0.2) is 9.67 Å². The first-order chi connectivity index (χ1) is 11.3. The molecule has 6 heteroatoms. The number of carbonyl (C=O) groups excluding carboxylic acids is 1. The lowest BCUT2D eigenvalue weighted by Crippen LogP contribution is -2.42. The Labute approximate surface area is 140 Å². The van der Waals surface area contributed by atoms with Crippen LogP contribution in [-0.4, -0.2) is 38.2 Å². The van der Waals surface area contributed by atoms with Crippen molar-refractivity contribution in [3.63, 3.8) is 0 Å². The summed E-state index contributed by atoms with van der Waals surface area (Å²) in [6, 6.07) is 4.00. The second-order valence-corrected chi connectivity index (χ2v) is 6.85. The molecule has 122 valence electrons. The molecule has 2 atom stereocenters. The standard InChI is InChI=1S/C17H22N4OS/c1-14(21-13-18-12-19-21)17(22)20-10-4-2-3-6-15(20)8-9-16-7-5-11-23-16/h5,7-9,11-15H,2-4,6,10H2,1H3/b9-8+/t14-,15-/m1/s1. The molecule has 0 aromatic carbocycles. The van der Waals surface area contributed by atoms with Gasteiger partial charge >= 0.3 is 0 Å². The van der Waals surface area contributed by atoms with Crippen molar-refractivity contribution in [2.45, 2.75) is 44.7 Å². The molecule has 3 rings (SSSR count). The van der Waals surface area contributed by atoms with Crippen molar-refractivity contribution in [3.8, 4) is 0 Å². The average molecular weight is 330 g/mol. The molecule has 1 aliphatic rings. The molecule has 1 saturated heterocycles. The third kappa shape index (κ3) is 3.88. The summed E-state index contributed by atoms with van der Waals surface area (Å²) in [5.41, 5.74) is 0.